The highest BCUT2D eigenvalue weighted by molar-refractivity contribution is 5.11. The quantitative estimate of drug-likeness (QED) is 0.524. The van der Waals surface area contributed by atoms with Crippen LogP contribution in [-0.4, -0.2) is 17.1 Å². The molecule has 2 aliphatic rings. The van der Waals surface area contributed by atoms with Gasteiger partial charge in [0.2, 0.25) is 0 Å². The van der Waals surface area contributed by atoms with Crippen molar-refractivity contribution >= 4 is 0 Å². The number of alkyl halides is 2. The summed E-state index contributed by atoms with van der Waals surface area (Å²) in [7, 11) is 0. The van der Waals surface area contributed by atoms with E-state index in [1.807, 2.05) is 0 Å². The van der Waals surface area contributed by atoms with Gasteiger partial charge in [0.15, 0.2) is 0 Å². The molecule has 0 spiro atoms. The van der Waals surface area contributed by atoms with E-state index >= 15 is 0 Å². The van der Waals surface area contributed by atoms with Crippen LogP contribution in [0, 0.1) is 11.8 Å². The summed E-state index contributed by atoms with van der Waals surface area (Å²) < 4.78 is 24.6. The molecule has 0 aromatic rings. The van der Waals surface area contributed by atoms with E-state index in [-0.39, 0.29) is 0 Å². The molecule has 2 rings (SSSR count). The van der Waals surface area contributed by atoms with Crippen LogP contribution in [0.25, 0.3) is 0 Å². The van der Waals surface area contributed by atoms with Crippen molar-refractivity contribution < 1.29 is 13.9 Å². The van der Waals surface area contributed by atoms with Crippen molar-refractivity contribution in [3.8, 4) is 0 Å². The lowest BCUT2D eigenvalue weighted by molar-refractivity contribution is 0.0406. The summed E-state index contributed by atoms with van der Waals surface area (Å²) in [4.78, 5) is 0. The molecule has 0 bridgehead atoms. The Morgan fingerprint density at radius 2 is 1.67 bits per heavy atom. The van der Waals surface area contributed by atoms with Crippen LogP contribution in [0.4, 0.5) is 8.78 Å². The van der Waals surface area contributed by atoms with Gasteiger partial charge >= 0.3 is 0 Å². The van der Waals surface area contributed by atoms with E-state index in [0.29, 0.717) is 12.8 Å². The molecule has 3 heteroatoms. The van der Waals surface area contributed by atoms with Crippen LogP contribution in [0.1, 0.15) is 12.8 Å². The number of fused-ring (bicyclic) bond motifs is 1. The number of hydrogen-bond acceptors (Lipinski definition) is 1. The molecule has 52 valence electrons. The molecule has 1 N–H and O–H groups in total. The minimum atomic E-state index is -2.42. The molecule has 0 heterocycles. The SMILES string of the molecule is OC1C[C@@H]2[C@H](C1)C2(F)F. The molecule has 0 aromatic carbocycles. The summed E-state index contributed by atoms with van der Waals surface area (Å²) >= 11 is 0. The van der Waals surface area contributed by atoms with E-state index in [9.17, 15) is 8.78 Å². The van der Waals surface area contributed by atoms with Crippen LogP contribution >= 0.6 is 0 Å². The lowest BCUT2D eigenvalue weighted by Gasteiger charge is -2.05. The van der Waals surface area contributed by atoms with E-state index < -0.39 is 23.9 Å². The van der Waals surface area contributed by atoms with E-state index in [1.165, 1.54) is 0 Å². The van der Waals surface area contributed by atoms with Crippen molar-refractivity contribution in [3.05, 3.63) is 0 Å². The summed E-state index contributed by atoms with van der Waals surface area (Å²) in [5, 5.41) is 8.83. The Hall–Kier alpha value is -0.180. The second-order valence-corrected chi connectivity index (χ2v) is 3.01. The Bertz CT molecular complexity index is 132. The number of aliphatic hydroxyl groups excluding tert-OH is 1. The second-order valence-electron chi connectivity index (χ2n) is 3.01. The first-order valence-electron chi connectivity index (χ1n) is 3.18. The van der Waals surface area contributed by atoms with Crippen molar-refractivity contribution in [2.75, 3.05) is 0 Å². The average molecular weight is 134 g/mol. The Kier molecular flexibility index (Phi) is 0.799. The molecule has 0 saturated heterocycles. The molecule has 9 heavy (non-hydrogen) atoms. The molecule has 0 aromatic heterocycles. The predicted octanol–water partition coefficient (Wildman–Crippen LogP) is 1.02. The van der Waals surface area contributed by atoms with Crippen LogP contribution < -0.4 is 0 Å². The summed E-state index contributed by atoms with van der Waals surface area (Å²) in [6, 6.07) is 0. The third-order valence-electron chi connectivity index (χ3n) is 2.42. The van der Waals surface area contributed by atoms with Gasteiger partial charge in [-0.05, 0) is 12.8 Å². The third kappa shape index (κ3) is 0.556. The normalized spacial score (nSPS) is 53.0. The maximum atomic E-state index is 12.3. The van der Waals surface area contributed by atoms with Gasteiger partial charge in [0.25, 0.3) is 5.92 Å². The topological polar surface area (TPSA) is 20.2 Å². The minimum absolute atomic E-state index is 0.317. The molecular formula is C6H8F2O. The van der Waals surface area contributed by atoms with Gasteiger partial charge in [-0.2, -0.15) is 0 Å². The summed E-state index contributed by atoms with van der Waals surface area (Å²) in [6.07, 6.45) is 0.189. The van der Waals surface area contributed by atoms with Crippen LogP contribution in [0.5, 0.6) is 0 Å². The average Bonchev–Trinajstić information content (AvgIpc) is 2.27. The number of rotatable bonds is 0. The lowest BCUT2D eigenvalue weighted by atomic mass is 10.2. The van der Waals surface area contributed by atoms with Crippen molar-refractivity contribution in [2.45, 2.75) is 24.9 Å². The van der Waals surface area contributed by atoms with Crippen molar-refractivity contribution in [3.63, 3.8) is 0 Å². The Balaban J connectivity index is 2.06. The number of hydrogen-bond donors (Lipinski definition) is 1. The Labute approximate surface area is 51.7 Å². The van der Waals surface area contributed by atoms with E-state index in [0.717, 1.165) is 0 Å². The van der Waals surface area contributed by atoms with Gasteiger partial charge in [-0.25, -0.2) is 8.78 Å². The fourth-order valence-corrected chi connectivity index (χ4v) is 1.79. The molecule has 1 nitrogen and oxygen atoms in total. The molecule has 2 aliphatic carbocycles. The minimum Gasteiger partial charge on any atom is -0.393 e. The largest absolute Gasteiger partial charge is 0.393 e. The molecule has 2 fully saturated rings. The molecule has 1 unspecified atom stereocenters. The Morgan fingerprint density at radius 1 is 1.22 bits per heavy atom. The van der Waals surface area contributed by atoms with Crippen LogP contribution in [0.3, 0.4) is 0 Å². The van der Waals surface area contributed by atoms with Crippen molar-refractivity contribution in [1.82, 2.24) is 0 Å². The van der Waals surface area contributed by atoms with E-state index in [2.05, 4.69) is 0 Å². The first-order chi connectivity index (χ1) is 4.12. The fraction of sp³-hybridized carbons (Fsp3) is 1.00. The zero-order chi connectivity index (χ0) is 6.65. The molecule has 2 saturated carbocycles. The van der Waals surface area contributed by atoms with Crippen molar-refractivity contribution in [1.29, 1.82) is 0 Å². The van der Waals surface area contributed by atoms with Gasteiger partial charge in [-0.15, -0.1) is 0 Å². The van der Waals surface area contributed by atoms with E-state index in [4.69, 9.17) is 5.11 Å². The molecule has 0 amide bonds. The summed E-state index contributed by atoms with van der Waals surface area (Å²) in [5.41, 5.74) is 0. The van der Waals surface area contributed by atoms with Gasteiger partial charge in [0, 0.05) is 11.8 Å². The first-order valence-corrected chi connectivity index (χ1v) is 3.18. The first kappa shape index (κ1) is 5.59. The lowest BCUT2D eigenvalue weighted by Crippen LogP contribution is -2.10. The van der Waals surface area contributed by atoms with Gasteiger partial charge < -0.3 is 5.11 Å². The van der Waals surface area contributed by atoms with Gasteiger partial charge in [0.1, 0.15) is 0 Å². The van der Waals surface area contributed by atoms with Gasteiger partial charge in [-0.3, -0.25) is 0 Å². The summed E-state index contributed by atoms with van der Waals surface area (Å²) in [6.45, 7) is 0. The zero-order valence-electron chi connectivity index (χ0n) is 4.85. The monoisotopic (exact) mass is 134 g/mol. The predicted molar refractivity (Wildman–Crippen MR) is 27.2 cm³/mol. The Morgan fingerprint density at radius 3 is 2.00 bits per heavy atom. The standard InChI is InChI=1S/C6H8F2O/c7-6(8)4-1-3(9)2-5(4)6/h3-5,9H,1-2H2/t3?,4-,5+. The fourth-order valence-electron chi connectivity index (χ4n) is 1.79. The zero-order valence-corrected chi connectivity index (χ0v) is 4.85. The highest BCUT2D eigenvalue weighted by Crippen LogP contribution is 2.63. The van der Waals surface area contributed by atoms with Crippen LogP contribution in [0.15, 0.2) is 0 Å². The molecule has 3 atom stereocenters. The highest BCUT2D eigenvalue weighted by atomic mass is 19.3. The molecule has 0 radical (unpaired) electrons. The second kappa shape index (κ2) is 1.29. The molecular weight excluding hydrogens is 126 g/mol. The third-order valence-corrected chi connectivity index (χ3v) is 2.42. The van der Waals surface area contributed by atoms with Gasteiger partial charge in [0.05, 0.1) is 6.10 Å². The van der Waals surface area contributed by atoms with Gasteiger partial charge in [-0.1, -0.05) is 0 Å². The summed E-state index contributed by atoms with van der Waals surface area (Å²) in [5.74, 6) is -3.38. The highest BCUT2D eigenvalue weighted by Gasteiger charge is 2.71. The van der Waals surface area contributed by atoms with Crippen LogP contribution in [-0.2, 0) is 0 Å². The maximum Gasteiger partial charge on any atom is 0.254 e. The van der Waals surface area contributed by atoms with E-state index in [1.54, 1.807) is 0 Å². The van der Waals surface area contributed by atoms with Crippen molar-refractivity contribution in [2.24, 2.45) is 11.8 Å². The molecule has 0 aliphatic heterocycles. The number of aliphatic hydroxyl groups is 1. The number of halogens is 2. The maximum absolute atomic E-state index is 12.3. The van der Waals surface area contributed by atoms with Crippen LogP contribution in [0.2, 0.25) is 0 Å². The smallest absolute Gasteiger partial charge is 0.254 e.